The molecule has 0 amide bonds. The molecule has 0 aliphatic carbocycles. The molecule has 0 aromatic heterocycles. The van der Waals surface area contributed by atoms with Crippen molar-refractivity contribution >= 4 is 0 Å². The van der Waals surface area contributed by atoms with E-state index in [4.69, 9.17) is 9.47 Å². The Morgan fingerprint density at radius 2 is 2.06 bits per heavy atom. The van der Waals surface area contributed by atoms with Gasteiger partial charge in [-0.15, -0.1) is 0 Å². The maximum atomic E-state index is 10.0. The van der Waals surface area contributed by atoms with E-state index >= 15 is 0 Å². The number of aliphatic hydroxyl groups is 1. The van der Waals surface area contributed by atoms with Crippen molar-refractivity contribution in [2.45, 2.75) is 32.8 Å². The molecule has 1 N–H and O–H groups in total. The van der Waals surface area contributed by atoms with E-state index in [1.54, 1.807) is 7.11 Å². The summed E-state index contributed by atoms with van der Waals surface area (Å²) in [7, 11) is 1.62. The van der Waals surface area contributed by atoms with Gasteiger partial charge in [0.1, 0.15) is 11.9 Å². The van der Waals surface area contributed by atoms with Crippen molar-refractivity contribution < 1.29 is 14.6 Å². The van der Waals surface area contributed by atoms with Crippen LogP contribution in [0, 0.1) is 5.92 Å². The Labute approximate surface area is 110 Å². The van der Waals surface area contributed by atoms with Crippen molar-refractivity contribution in [3.8, 4) is 5.75 Å². The van der Waals surface area contributed by atoms with Crippen LogP contribution in [0.2, 0.25) is 0 Å². The summed E-state index contributed by atoms with van der Waals surface area (Å²) in [6.07, 6.45) is 1.74. The summed E-state index contributed by atoms with van der Waals surface area (Å²) in [5, 5.41) is 10.0. The molecule has 18 heavy (non-hydrogen) atoms. The largest absolute Gasteiger partial charge is 0.497 e. The average Bonchev–Trinajstić information content (AvgIpc) is 2.39. The zero-order valence-corrected chi connectivity index (χ0v) is 11.6. The van der Waals surface area contributed by atoms with Gasteiger partial charge in [-0.25, -0.2) is 0 Å². The van der Waals surface area contributed by atoms with Crippen molar-refractivity contribution in [3.05, 3.63) is 29.8 Å². The zero-order chi connectivity index (χ0) is 13.4. The Balaban J connectivity index is 2.37. The first-order valence-electron chi connectivity index (χ1n) is 6.57. The third-order valence-electron chi connectivity index (χ3n) is 2.94. The van der Waals surface area contributed by atoms with E-state index in [9.17, 15) is 5.11 Å². The molecule has 1 aromatic rings. The minimum Gasteiger partial charge on any atom is -0.497 e. The van der Waals surface area contributed by atoms with Crippen LogP contribution in [-0.2, 0) is 4.74 Å². The van der Waals surface area contributed by atoms with Crippen molar-refractivity contribution in [1.82, 2.24) is 0 Å². The molecule has 0 aliphatic heterocycles. The van der Waals surface area contributed by atoms with E-state index in [1.807, 2.05) is 24.3 Å². The minimum absolute atomic E-state index is 0.335. The van der Waals surface area contributed by atoms with Crippen molar-refractivity contribution in [1.29, 1.82) is 0 Å². The van der Waals surface area contributed by atoms with E-state index in [1.165, 1.54) is 6.42 Å². The van der Waals surface area contributed by atoms with Crippen LogP contribution >= 0.6 is 0 Å². The molecule has 0 bridgehead atoms. The first-order valence-corrected chi connectivity index (χ1v) is 6.57. The number of aliphatic hydroxyl groups excluding tert-OH is 1. The molecule has 0 spiro atoms. The fourth-order valence-electron chi connectivity index (χ4n) is 1.90. The van der Waals surface area contributed by atoms with E-state index in [-0.39, 0.29) is 0 Å². The predicted molar refractivity (Wildman–Crippen MR) is 72.8 cm³/mol. The third kappa shape index (κ3) is 5.07. The summed E-state index contributed by atoms with van der Waals surface area (Å²) < 4.78 is 10.7. The number of rotatable bonds is 8. The first-order chi connectivity index (χ1) is 8.67. The summed E-state index contributed by atoms with van der Waals surface area (Å²) in [5.74, 6) is 1.30. The molecule has 0 aliphatic rings. The summed E-state index contributed by atoms with van der Waals surface area (Å²) in [4.78, 5) is 0. The second-order valence-corrected chi connectivity index (χ2v) is 4.72. The fourth-order valence-corrected chi connectivity index (χ4v) is 1.90. The van der Waals surface area contributed by atoms with Gasteiger partial charge in [0.15, 0.2) is 0 Å². The van der Waals surface area contributed by atoms with Crippen LogP contribution in [-0.4, -0.2) is 25.4 Å². The monoisotopic (exact) mass is 252 g/mol. The number of ether oxygens (including phenoxy) is 2. The molecular weight excluding hydrogens is 228 g/mol. The van der Waals surface area contributed by atoms with Crippen LogP contribution in [0.25, 0.3) is 0 Å². The lowest BCUT2D eigenvalue weighted by Crippen LogP contribution is -2.12. The maximum Gasteiger partial charge on any atom is 0.119 e. The molecule has 3 nitrogen and oxygen atoms in total. The lowest BCUT2D eigenvalue weighted by molar-refractivity contribution is 0.0214. The molecule has 102 valence electrons. The van der Waals surface area contributed by atoms with Crippen LogP contribution < -0.4 is 4.74 Å². The van der Waals surface area contributed by atoms with Crippen LogP contribution in [0.4, 0.5) is 0 Å². The number of hydrogen-bond acceptors (Lipinski definition) is 3. The predicted octanol–water partition coefficient (Wildman–Crippen LogP) is 3.18. The fraction of sp³-hybridized carbons (Fsp3) is 0.600. The molecule has 1 aromatic carbocycles. The van der Waals surface area contributed by atoms with Crippen LogP contribution in [0.15, 0.2) is 24.3 Å². The number of hydrogen-bond donors (Lipinski definition) is 1. The summed E-state index contributed by atoms with van der Waals surface area (Å²) in [6.45, 7) is 5.37. The molecule has 2 atom stereocenters. The van der Waals surface area contributed by atoms with Gasteiger partial charge in [-0.1, -0.05) is 32.4 Å². The maximum absolute atomic E-state index is 10.0. The van der Waals surface area contributed by atoms with Gasteiger partial charge in [-0.3, -0.25) is 0 Å². The summed E-state index contributed by atoms with van der Waals surface area (Å²) in [6, 6.07) is 7.45. The first kappa shape index (κ1) is 15.0. The van der Waals surface area contributed by atoms with Gasteiger partial charge in [0.25, 0.3) is 0 Å². The lowest BCUT2D eigenvalue weighted by atomic mass is 10.1. The van der Waals surface area contributed by atoms with E-state index in [0.717, 1.165) is 17.7 Å². The van der Waals surface area contributed by atoms with Gasteiger partial charge in [-0.2, -0.15) is 0 Å². The van der Waals surface area contributed by atoms with Crippen LogP contribution in [0.3, 0.4) is 0 Å². The number of methoxy groups -OCH3 is 1. The highest BCUT2D eigenvalue weighted by molar-refractivity contribution is 5.29. The van der Waals surface area contributed by atoms with Crippen LogP contribution in [0.1, 0.15) is 38.4 Å². The molecular formula is C15H24O3. The van der Waals surface area contributed by atoms with Gasteiger partial charge < -0.3 is 14.6 Å². The van der Waals surface area contributed by atoms with E-state index in [0.29, 0.717) is 19.1 Å². The molecule has 0 saturated heterocycles. The quantitative estimate of drug-likeness (QED) is 0.772. The topological polar surface area (TPSA) is 38.7 Å². The summed E-state index contributed by atoms with van der Waals surface area (Å²) in [5.41, 5.74) is 0.831. The van der Waals surface area contributed by atoms with Crippen molar-refractivity contribution in [2.24, 2.45) is 5.92 Å². The third-order valence-corrected chi connectivity index (χ3v) is 2.94. The summed E-state index contributed by atoms with van der Waals surface area (Å²) >= 11 is 0. The van der Waals surface area contributed by atoms with Gasteiger partial charge >= 0.3 is 0 Å². The Morgan fingerprint density at radius 1 is 1.28 bits per heavy atom. The van der Waals surface area contributed by atoms with Crippen LogP contribution in [0.5, 0.6) is 5.75 Å². The van der Waals surface area contributed by atoms with Gasteiger partial charge in [-0.05, 0) is 30.0 Å². The Hall–Kier alpha value is -1.06. The van der Waals surface area contributed by atoms with Crippen molar-refractivity contribution in [3.63, 3.8) is 0 Å². The second-order valence-electron chi connectivity index (χ2n) is 4.72. The molecule has 0 heterocycles. The SMILES string of the molecule is CCCC(C)COCC(O)c1cccc(OC)c1. The number of benzene rings is 1. The van der Waals surface area contributed by atoms with Crippen molar-refractivity contribution in [2.75, 3.05) is 20.3 Å². The highest BCUT2D eigenvalue weighted by Gasteiger charge is 2.09. The molecule has 2 unspecified atom stereocenters. The van der Waals surface area contributed by atoms with Gasteiger partial charge in [0, 0.05) is 6.61 Å². The minimum atomic E-state index is -0.589. The highest BCUT2D eigenvalue weighted by atomic mass is 16.5. The highest BCUT2D eigenvalue weighted by Crippen LogP contribution is 2.19. The molecule has 0 radical (unpaired) electrons. The standard InChI is InChI=1S/C15H24O3/c1-4-6-12(2)10-18-11-15(16)13-7-5-8-14(9-13)17-3/h5,7-9,12,15-16H,4,6,10-11H2,1-3H3. The smallest absolute Gasteiger partial charge is 0.119 e. The lowest BCUT2D eigenvalue weighted by Gasteiger charge is -2.15. The Kier molecular flexibility index (Phi) is 6.76. The normalized spacial score (nSPS) is 14.2. The zero-order valence-electron chi connectivity index (χ0n) is 11.6. The Morgan fingerprint density at radius 3 is 2.72 bits per heavy atom. The van der Waals surface area contributed by atoms with E-state index in [2.05, 4.69) is 13.8 Å². The molecule has 0 fully saturated rings. The van der Waals surface area contributed by atoms with Gasteiger partial charge in [0.2, 0.25) is 0 Å². The Bertz CT molecular complexity index is 338. The molecule has 1 rings (SSSR count). The van der Waals surface area contributed by atoms with E-state index < -0.39 is 6.10 Å². The average molecular weight is 252 g/mol. The van der Waals surface area contributed by atoms with Gasteiger partial charge in [0.05, 0.1) is 13.7 Å². The molecule has 3 heteroatoms. The molecule has 0 saturated carbocycles. The second kappa shape index (κ2) is 8.11.